The van der Waals surface area contributed by atoms with Gasteiger partial charge < -0.3 is 4.90 Å². The molecule has 7 rings (SSSR count). The van der Waals surface area contributed by atoms with Crippen LogP contribution in [0.1, 0.15) is 25.3 Å². The highest BCUT2D eigenvalue weighted by Crippen LogP contribution is 2.65. The van der Waals surface area contributed by atoms with E-state index in [-0.39, 0.29) is 11.2 Å². The molecule has 37 heavy (non-hydrogen) atoms. The highest BCUT2D eigenvalue weighted by atomic mass is 35.5. The first kappa shape index (κ1) is 22.3. The number of aromatic amines is 2. The molecule has 2 N–H and O–H groups in total. The minimum Gasteiger partial charge on any atom is -0.355 e. The summed E-state index contributed by atoms with van der Waals surface area (Å²) in [6.07, 6.45) is 3.72. The van der Waals surface area contributed by atoms with Gasteiger partial charge in [-0.15, -0.1) is 10.2 Å². The number of H-pyrrole nitrogens is 2. The second-order valence-electron chi connectivity index (χ2n) is 9.75. The highest BCUT2D eigenvalue weighted by molar-refractivity contribution is 6.33. The van der Waals surface area contributed by atoms with Gasteiger partial charge >= 0.3 is 0 Å². The van der Waals surface area contributed by atoms with Crippen molar-refractivity contribution in [2.45, 2.75) is 25.2 Å². The van der Waals surface area contributed by atoms with Crippen LogP contribution in [-0.4, -0.2) is 53.9 Å². The lowest BCUT2D eigenvalue weighted by molar-refractivity contribution is 0.516. The zero-order valence-corrected chi connectivity index (χ0v) is 20.7. The number of fused-ring (bicyclic) bond motifs is 2. The molecule has 1 saturated carbocycles. The molecule has 0 amide bonds. The van der Waals surface area contributed by atoms with Gasteiger partial charge in [0.2, 0.25) is 11.5 Å². The van der Waals surface area contributed by atoms with Crippen LogP contribution in [0.4, 0.5) is 10.2 Å². The number of aromatic nitrogens is 8. The first-order valence-corrected chi connectivity index (χ1v) is 12.7. The predicted molar refractivity (Wildman–Crippen MR) is 137 cm³/mol. The molecule has 1 saturated heterocycles. The van der Waals surface area contributed by atoms with Gasteiger partial charge in [-0.2, -0.15) is 10.3 Å². The third-order valence-electron chi connectivity index (χ3n) is 8.21. The smallest absolute Gasteiger partial charge is 0.204 e. The van der Waals surface area contributed by atoms with Crippen molar-refractivity contribution in [1.82, 2.24) is 40.8 Å². The lowest BCUT2D eigenvalue weighted by Crippen LogP contribution is -2.32. The maximum absolute atomic E-state index is 14.7. The van der Waals surface area contributed by atoms with Crippen LogP contribution in [0.2, 0.25) is 5.02 Å². The average molecular weight is 516 g/mol. The molecule has 1 aliphatic carbocycles. The number of rotatable bonds is 5. The molecular formula is C26H23ClFN9. The summed E-state index contributed by atoms with van der Waals surface area (Å²) in [5.74, 6) is 2.05. The fraction of sp³-hybridized carbons (Fsp3) is 0.308. The van der Waals surface area contributed by atoms with Crippen LogP contribution in [0, 0.1) is 17.7 Å². The van der Waals surface area contributed by atoms with Crippen LogP contribution in [0.3, 0.4) is 0 Å². The fourth-order valence-corrected chi connectivity index (χ4v) is 6.68. The van der Waals surface area contributed by atoms with E-state index in [1.165, 1.54) is 0 Å². The third kappa shape index (κ3) is 3.35. The van der Waals surface area contributed by atoms with Crippen LogP contribution in [0.5, 0.6) is 0 Å². The Morgan fingerprint density at radius 2 is 2.05 bits per heavy atom. The van der Waals surface area contributed by atoms with Gasteiger partial charge in [-0.1, -0.05) is 48.9 Å². The van der Waals surface area contributed by atoms with E-state index < -0.39 is 0 Å². The Labute approximate surface area is 216 Å². The van der Waals surface area contributed by atoms with E-state index >= 15 is 0 Å². The molecule has 3 aromatic heterocycles. The summed E-state index contributed by atoms with van der Waals surface area (Å²) in [5.41, 5.74) is 4.14. The Hall–Kier alpha value is -3.92. The monoisotopic (exact) mass is 515 g/mol. The van der Waals surface area contributed by atoms with Gasteiger partial charge in [-0.05, 0) is 47.6 Å². The summed E-state index contributed by atoms with van der Waals surface area (Å²) in [5, 5.41) is 22.0. The molecule has 186 valence electrons. The maximum Gasteiger partial charge on any atom is 0.204 e. The largest absolute Gasteiger partial charge is 0.355 e. The average Bonchev–Trinajstić information content (AvgIpc) is 3.26. The van der Waals surface area contributed by atoms with Gasteiger partial charge in [0.15, 0.2) is 0 Å². The SMILES string of the molecule is CC[C@]1(c2ccccc2F)[C@@H]2CCN(c3cnc4c(-c5ccc(-c6nn[nH]n6)cc5Cl)[nH]nc4n3)C[C@@H]21. The van der Waals surface area contributed by atoms with Gasteiger partial charge in [-0.25, -0.2) is 14.4 Å². The zero-order valence-electron chi connectivity index (χ0n) is 20.0. The summed E-state index contributed by atoms with van der Waals surface area (Å²) >= 11 is 6.60. The van der Waals surface area contributed by atoms with Crippen molar-refractivity contribution >= 4 is 28.6 Å². The Morgan fingerprint density at radius 1 is 1.16 bits per heavy atom. The lowest BCUT2D eigenvalue weighted by atomic mass is 9.88. The molecule has 2 aromatic carbocycles. The molecule has 5 aromatic rings. The first-order valence-electron chi connectivity index (χ1n) is 12.3. The molecule has 1 aliphatic heterocycles. The van der Waals surface area contributed by atoms with E-state index in [1.807, 2.05) is 24.3 Å². The maximum atomic E-state index is 14.7. The number of hydrogen-bond acceptors (Lipinski definition) is 7. The van der Waals surface area contributed by atoms with Crippen molar-refractivity contribution in [1.29, 1.82) is 0 Å². The quantitative estimate of drug-likeness (QED) is 0.346. The van der Waals surface area contributed by atoms with Crippen LogP contribution in [0.15, 0.2) is 48.7 Å². The zero-order chi connectivity index (χ0) is 25.1. The normalized spacial score (nSPS) is 22.8. The minimum absolute atomic E-state index is 0.0957. The number of hydrogen-bond donors (Lipinski definition) is 2. The van der Waals surface area contributed by atoms with Gasteiger partial charge in [0.25, 0.3) is 0 Å². The predicted octanol–water partition coefficient (Wildman–Crippen LogP) is 4.80. The van der Waals surface area contributed by atoms with Crippen molar-refractivity contribution in [2.24, 2.45) is 11.8 Å². The van der Waals surface area contributed by atoms with Crippen molar-refractivity contribution in [3.8, 4) is 22.6 Å². The van der Waals surface area contributed by atoms with Crippen LogP contribution in [0.25, 0.3) is 33.8 Å². The molecule has 0 bridgehead atoms. The number of nitrogens with one attached hydrogen (secondary N) is 2. The van der Waals surface area contributed by atoms with Crippen molar-refractivity contribution in [3.63, 3.8) is 0 Å². The molecule has 3 atom stereocenters. The van der Waals surface area contributed by atoms with E-state index in [9.17, 15) is 4.39 Å². The van der Waals surface area contributed by atoms with Gasteiger partial charge in [-0.3, -0.25) is 5.10 Å². The molecular weight excluding hydrogens is 493 g/mol. The highest BCUT2D eigenvalue weighted by Gasteiger charge is 2.65. The van der Waals surface area contributed by atoms with Crippen LogP contribution < -0.4 is 4.90 Å². The van der Waals surface area contributed by atoms with Crippen molar-refractivity contribution in [2.75, 3.05) is 18.0 Å². The second-order valence-corrected chi connectivity index (χ2v) is 10.2. The van der Waals surface area contributed by atoms with E-state index in [1.54, 1.807) is 24.4 Å². The molecule has 2 aliphatic rings. The number of piperidine rings is 1. The fourth-order valence-electron chi connectivity index (χ4n) is 6.41. The van der Waals surface area contributed by atoms with Crippen LogP contribution in [-0.2, 0) is 5.41 Å². The number of tetrazole rings is 1. The summed E-state index contributed by atoms with van der Waals surface area (Å²) in [7, 11) is 0. The third-order valence-corrected chi connectivity index (χ3v) is 8.52. The van der Waals surface area contributed by atoms with E-state index in [4.69, 9.17) is 21.6 Å². The van der Waals surface area contributed by atoms with Crippen molar-refractivity contribution < 1.29 is 4.39 Å². The summed E-state index contributed by atoms with van der Waals surface area (Å²) < 4.78 is 14.7. The number of halogens is 2. The standard InChI is InChI=1S/C26H23ClFN9/c1-2-26(17-5-3-4-6-20(17)28)16-9-10-37(13-18(16)26)21-12-29-23-22(31-32-25(23)30-21)15-8-7-14(11-19(15)27)24-33-35-36-34-24/h3-8,11-12,16,18H,2,9-10,13H2,1H3,(H,30,31,32)(H,33,34,35,36)/t16-,18+,26-/m1/s1. The number of anilines is 1. The summed E-state index contributed by atoms with van der Waals surface area (Å²) in [6, 6.07) is 12.8. The Morgan fingerprint density at radius 3 is 2.84 bits per heavy atom. The Bertz CT molecular complexity index is 1620. The van der Waals surface area contributed by atoms with Gasteiger partial charge in [0.05, 0.1) is 16.9 Å². The minimum atomic E-state index is -0.0976. The van der Waals surface area contributed by atoms with E-state index in [0.717, 1.165) is 48.4 Å². The second kappa shape index (κ2) is 8.31. The van der Waals surface area contributed by atoms with E-state index in [0.29, 0.717) is 39.5 Å². The molecule has 4 heterocycles. The Balaban J connectivity index is 1.16. The molecule has 0 unspecified atom stereocenters. The molecule has 2 fully saturated rings. The summed E-state index contributed by atoms with van der Waals surface area (Å²) in [6.45, 7) is 3.86. The van der Waals surface area contributed by atoms with Gasteiger partial charge in [0, 0.05) is 29.6 Å². The van der Waals surface area contributed by atoms with Gasteiger partial charge in [0.1, 0.15) is 17.2 Å². The van der Waals surface area contributed by atoms with E-state index in [2.05, 4.69) is 42.6 Å². The lowest BCUT2D eigenvalue weighted by Gasteiger charge is -2.26. The Kier molecular flexibility index (Phi) is 5.00. The molecule has 0 radical (unpaired) electrons. The molecule has 11 heteroatoms. The molecule has 0 spiro atoms. The number of nitrogens with zero attached hydrogens (tertiary/aromatic N) is 7. The van der Waals surface area contributed by atoms with Crippen molar-refractivity contribution in [3.05, 3.63) is 65.1 Å². The number of benzene rings is 2. The first-order chi connectivity index (χ1) is 18.1. The van der Waals surface area contributed by atoms with Crippen LogP contribution >= 0.6 is 11.6 Å². The molecule has 9 nitrogen and oxygen atoms in total. The topological polar surface area (TPSA) is 112 Å². The summed E-state index contributed by atoms with van der Waals surface area (Å²) in [4.78, 5) is 11.8.